The minimum absolute atomic E-state index is 0.307. The zero-order valence-electron chi connectivity index (χ0n) is 15.3. The molecule has 1 aromatic rings. The molecule has 142 valence electrons. The number of carbonyl (C=O) groups is 3. The first-order valence-electron chi connectivity index (χ1n) is 9.05. The highest BCUT2D eigenvalue weighted by Crippen LogP contribution is 2.24. The second kappa shape index (κ2) is 9.03. The minimum atomic E-state index is -0.927. The molecule has 1 heterocycles. The van der Waals surface area contributed by atoms with Gasteiger partial charge in [-0.3, -0.25) is 14.5 Å². The first kappa shape index (κ1) is 20.2. The Morgan fingerprint density at radius 3 is 2.46 bits per heavy atom. The van der Waals surface area contributed by atoms with Gasteiger partial charge in [-0.1, -0.05) is 50.6 Å². The molecule has 1 aromatic carbocycles. The molecule has 2 N–H and O–H groups in total. The van der Waals surface area contributed by atoms with Crippen LogP contribution < -0.4 is 10.6 Å². The van der Waals surface area contributed by atoms with Crippen LogP contribution in [0.5, 0.6) is 0 Å². The molecule has 6 nitrogen and oxygen atoms in total. The summed E-state index contributed by atoms with van der Waals surface area (Å²) in [5.74, 6) is -0.771. The Bertz CT molecular complexity index is 662. The van der Waals surface area contributed by atoms with Gasteiger partial charge in [0.25, 0.3) is 5.91 Å². The maximum atomic E-state index is 12.6. The number of benzene rings is 1. The van der Waals surface area contributed by atoms with Gasteiger partial charge >= 0.3 is 6.03 Å². The quantitative estimate of drug-likeness (QED) is 0.503. The number of halogens is 1. The Kier molecular flexibility index (Phi) is 7.03. The van der Waals surface area contributed by atoms with E-state index in [1.165, 1.54) is 6.42 Å². The summed E-state index contributed by atoms with van der Waals surface area (Å²) in [5, 5.41) is 5.96. The van der Waals surface area contributed by atoms with Crippen molar-refractivity contribution in [1.29, 1.82) is 0 Å². The third-order valence-electron chi connectivity index (χ3n) is 4.56. The van der Waals surface area contributed by atoms with Gasteiger partial charge in [0, 0.05) is 10.7 Å². The van der Waals surface area contributed by atoms with Gasteiger partial charge < -0.3 is 10.6 Å². The third kappa shape index (κ3) is 5.21. The number of carbonyl (C=O) groups excluding carboxylic acids is 3. The highest BCUT2D eigenvalue weighted by molar-refractivity contribution is 6.30. The largest absolute Gasteiger partial charge is 0.325 e. The van der Waals surface area contributed by atoms with E-state index in [9.17, 15) is 14.4 Å². The van der Waals surface area contributed by atoms with Crippen LogP contribution in [-0.4, -0.2) is 34.8 Å². The van der Waals surface area contributed by atoms with Gasteiger partial charge in [0.05, 0.1) is 0 Å². The van der Waals surface area contributed by atoms with E-state index in [1.54, 1.807) is 31.2 Å². The summed E-state index contributed by atoms with van der Waals surface area (Å²) in [6.45, 7) is 3.57. The number of unbranched alkanes of at least 4 members (excludes halogenated alkanes) is 4. The van der Waals surface area contributed by atoms with Crippen molar-refractivity contribution in [2.75, 3.05) is 11.9 Å². The Morgan fingerprint density at radius 2 is 1.81 bits per heavy atom. The summed E-state index contributed by atoms with van der Waals surface area (Å²) >= 11 is 5.81. The number of nitrogens with zero attached hydrogens (tertiary/aromatic N) is 1. The molecule has 0 aromatic heterocycles. The number of hydrogen-bond acceptors (Lipinski definition) is 3. The van der Waals surface area contributed by atoms with Crippen molar-refractivity contribution in [2.24, 2.45) is 0 Å². The van der Waals surface area contributed by atoms with Gasteiger partial charge in [0.2, 0.25) is 5.91 Å². The molecule has 0 bridgehead atoms. The van der Waals surface area contributed by atoms with E-state index in [0.717, 1.165) is 30.6 Å². The molecule has 26 heavy (non-hydrogen) atoms. The maximum Gasteiger partial charge on any atom is 0.325 e. The van der Waals surface area contributed by atoms with Crippen molar-refractivity contribution in [2.45, 2.75) is 57.9 Å². The van der Waals surface area contributed by atoms with Crippen molar-refractivity contribution in [3.8, 4) is 0 Å². The molecule has 1 fully saturated rings. The zero-order valence-corrected chi connectivity index (χ0v) is 16.1. The molecule has 1 saturated heterocycles. The second-order valence-electron chi connectivity index (χ2n) is 6.87. The molecule has 1 aliphatic rings. The van der Waals surface area contributed by atoms with Crippen LogP contribution in [0.25, 0.3) is 0 Å². The summed E-state index contributed by atoms with van der Waals surface area (Å²) in [6, 6.07) is 6.11. The van der Waals surface area contributed by atoms with Crippen molar-refractivity contribution in [3.63, 3.8) is 0 Å². The van der Waals surface area contributed by atoms with Gasteiger partial charge in [0.1, 0.15) is 12.1 Å². The van der Waals surface area contributed by atoms with Gasteiger partial charge in [-0.25, -0.2) is 4.79 Å². The Balaban J connectivity index is 1.89. The number of rotatable bonds is 9. The standard InChI is InChI=1S/C19H26ClN3O3/c1-3-4-5-6-7-12-19(2)17(25)23(18(26)22-19)13-16(24)21-15-10-8-14(20)9-11-15/h8-11H,3-7,12-13H2,1-2H3,(H,21,24)(H,22,26). The minimum Gasteiger partial charge on any atom is -0.325 e. The SMILES string of the molecule is CCCCCCCC1(C)NC(=O)N(CC(=O)Nc2ccc(Cl)cc2)C1=O. The number of hydrogen-bond donors (Lipinski definition) is 2. The number of imide groups is 1. The Hall–Kier alpha value is -2.08. The van der Waals surface area contributed by atoms with Crippen molar-refractivity contribution in [3.05, 3.63) is 29.3 Å². The van der Waals surface area contributed by atoms with Gasteiger partial charge in [-0.05, 0) is 37.6 Å². The van der Waals surface area contributed by atoms with Crippen LogP contribution in [-0.2, 0) is 9.59 Å². The highest BCUT2D eigenvalue weighted by atomic mass is 35.5. The Morgan fingerprint density at radius 1 is 1.15 bits per heavy atom. The normalized spacial score (nSPS) is 19.6. The van der Waals surface area contributed by atoms with E-state index in [2.05, 4.69) is 17.6 Å². The van der Waals surface area contributed by atoms with Crippen LogP contribution in [0.1, 0.15) is 52.4 Å². The molecule has 1 atom stereocenters. The van der Waals surface area contributed by atoms with E-state index < -0.39 is 17.5 Å². The lowest BCUT2D eigenvalue weighted by atomic mass is 9.94. The summed E-state index contributed by atoms with van der Waals surface area (Å²) in [6.07, 6.45) is 5.94. The van der Waals surface area contributed by atoms with E-state index in [0.29, 0.717) is 17.1 Å². The number of anilines is 1. The summed E-state index contributed by atoms with van der Waals surface area (Å²) in [4.78, 5) is 38.0. The van der Waals surface area contributed by atoms with Crippen molar-refractivity contribution < 1.29 is 14.4 Å². The van der Waals surface area contributed by atoms with E-state index >= 15 is 0 Å². The van der Waals surface area contributed by atoms with Crippen LogP contribution in [0.3, 0.4) is 0 Å². The molecule has 0 aliphatic carbocycles. The molecule has 0 radical (unpaired) electrons. The molecule has 1 unspecified atom stereocenters. The van der Waals surface area contributed by atoms with Crippen molar-refractivity contribution in [1.82, 2.24) is 10.2 Å². The number of amides is 4. The van der Waals surface area contributed by atoms with Crippen molar-refractivity contribution >= 4 is 35.1 Å². The monoisotopic (exact) mass is 379 g/mol. The van der Waals surface area contributed by atoms with Crippen LogP contribution >= 0.6 is 11.6 Å². The fourth-order valence-electron chi connectivity index (χ4n) is 3.02. The van der Waals surface area contributed by atoms with Gasteiger partial charge in [0.15, 0.2) is 0 Å². The van der Waals surface area contributed by atoms with Crippen LogP contribution in [0.4, 0.5) is 10.5 Å². The second-order valence-corrected chi connectivity index (χ2v) is 7.31. The first-order valence-corrected chi connectivity index (χ1v) is 9.43. The molecular weight excluding hydrogens is 354 g/mol. The summed E-state index contributed by atoms with van der Waals surface area (Å²) < 4.78 is 0. The topological polar surface area (TPSA) is 78.5 Å². The predicted octanol–water partition coefficient (Wildman–Crippen LogP) is 3.95. The van der Waals surface area contributed by atoms with Crippen LogP contribution in [0.15, 0.2) is 24.3 Å². The highest BCUT2D eigenvalue weighted by Gasteiger charge is 2.47. The molecule has 0 saturated carbocycles. The predicted molar refractivity (Wildman–Crippen MR) is 102 cm³/mol. The fourth-order valence-corrected chi connectivity index (χ4v) is 3.15. The van der Waals surface area contributed by atoms with E-state index in [4.69, 9.17) is 11.6 Å². The number of urea groups is 1. The lowest BCUT2D eigenvalue weighted by Gasteiger charge is -2.21. The first-order chi connectivity index (χ1) is 12.4. The lowest BCUT2D eigenvalue weighted by molar-refractivity contribution is -0.133. The average molecular weight is 380 g/mol. The average Bonchev–Trinajstić information content (AvgIpc) is 2.80. The van der Waals surface area contributed by atoms with Gasteiger partial charge in [-0.2, -0.15) is 0 Å². The summed E-state index contributed by atoms with van der Waals surface area (Å²) in [5.41, 5.74) is -0.366. The van der Waals surface area contributed by atoms with Gasteiger partial charge in [-0.15, -0.1) is 0 Å². The maximum absolute atomic E-state index is 12.6. The van der Waals surface area contributed by atoms with Crippen LogP contribution in [0.2, 0.25) is 5.02 Å². The third-order valence-corrected chi connectivity index (χ3v) is 4.81. The molecule has 7 heteroatoms. The zero-order chi connectivity index (χ0) is 19.2. The lowest BCUT2D eigenvalue weighted by Crippen LogP contribution is -2.44. The molecule has 1 aliphatic heterocycles. The molecular formula is C19H26ClN3O3. The van der Waals surface area contributed by atoms with E-state index in [1.807, 2.05) is 0 Å². The van der Waals surface area contributed by atoms with E-state index in [-0.39, 0.29) is 12.5 Å². The smallest absolute Gasteiger partial charge is 0.325 e. The van der Waals surface area contributed by atoms with Crippen LogP contribution in [0, 0.1) is 0 Å². The molecule has 0 spiro atoms. The Labute approximate surface area is 159 Å². The summed E-state index contributed by atoms with van der Waals surface area (Å²) in [7, 11) is 0. The molecule has 2 rings (SSSR count). The molecule has 4 amide bonds. The number of nitrogens with one attached hydrogen (secondary N) is 2. The fraction of sp³-hybridized carbons (Fsp3) is 0.526.